The topological polar surface area (TPSA) is 42.0 Å². The van der Waals surface area contributed by atoms with E-state index in [0.29, 0.717) is 21.8 Å². The van der Waals surface area contributed by atoms with Crippen LogP contribution in [0.25, 0.3) is 0 Å². The Bertz CT molecular complexity index is 493. The van der Waals surface area contributed by atoms with Crippen molar-refractivity contribution in [3.05, 3.63) is 28.5 Å². The molecule has 1 amide bonds. The van der Waals surface area contributed by atoms with E-state index < -0.39 is 0 Å². The van der Waals surface area contributed by atoms with Gasteiger partial charge in [0.25, 0.3) is 5.91 Å². The lowest BCUT2D eigenvalue weighted by atomic mass is 9.69. The van der Waals surface area contributed by atoms with Gasteiger partial charge in [-0.2, -0.15) is 0 Å². The second-order valence-corrected chi connectivity index (χ2v) is 7.52. The smallest absolute Gasteiger partial charge is 0.270 e. The van der Waals surface area contributed by atoms with E-state index >= 15 is 0 Å². The largest absolute Gasteiger partial charge is 0.348 e. The molecule has 21 heavy (non-hydrogen) atoms. The molecule has 1 aliphatic rings. The highest BCUT2D eigenvalue weighted by molar-refractivity contribution is 9.10. The molecular weight excluding hydrogens is 328 g/mol. The number of hydrogen-bond donors (Lipinski definition) is 1. The minimum Gasteiger partial charge on any atom is -0.348 e. The van der Waals surface area contributed by atoms with E-state index in [1.807, 2.05) is 12.1 Å². The first-order chi connectivity index (χ1) is 9.92. The number of aromatic nitrogens is 1. The second kappa shape index (κ2) is 6.91. The molecule has 0 bridgehead atoms. The molecule has 1 saturated carbocycles. The van der Waals surface area contributed by atoms with Crippen LogP contribution in [-0.2, 0) is 0 Å². The van der Waals surface area contributed by atoms with Gasteiger partial charge in [0.2, 0.25) is 0 Å². The third-order valence-corrected chi connectivity index (χ3v) is 5.47. The first kappa shape index (κ1) is 16.5. The molecule has 0 radical (unpaired) electrons. The molecule has 1 aliphatic carbocycles. The van der Waals surface area contributed by atoms with Gasteiger partial charge in [-0.25, -0.2) is 4.98 Å². The molecule has 0 spiro atoms. The molecule has 4 heteroatoms. The Balaban J connectivity index is 1.88. The monoisotopic (exact) mass is 352 g/mol. The van der Waals surface area contributed by atoms with Crippen LogP contribution in [0.15, 0.2) is 22.8 Å². The van der Waals surface area contributed by atoms with E-state index in [0.717, 1.165) is 18.8 Å². The van der Waals surface area contributed by atoms with Gasteiger partial charge in [-0.15, -0.1) is 0 Å². The Morgan fingerprint density at radius 3 is 2.57 bits per heavy atom. The highest BCUT2D eigenvalue weighted by Gasteiger charge is 2.32. The van der Waals surface area contributed by atoms with E-state index in [1.165, 1.54) is 19.3 Å². The van der Waals surface area contributed by atoms with Crippen molar-refractivity contribution in [1.29, 1.82) is 0 Å². The van der Waals surface area contributed by atoms with Crippen LogP contribution in [0.3, 0.4) is 0 Å². The second-order valence-electron chi connectivity index (χ2n) is 6.71. The molecule has 1 aromatic heterocycles. The predicted octanol–water partition coefficient (Wildman–Crippen LogP) is 4.57. The SMILES string of the molecule is CCC(C)(C)C1CCC(NC(=O)c2cccc(Br)n2)CC1. The highest BCUT2D eigenvalue weighted by Crippen LogP contribution is 2.40. The first-order valence-corrected chi connectivity index (χ1v) is 8.65. The Morgan fingerprint density at radius 2 is 2.00 bits per heavy atom. The van der Waals surface area contributed by atoms with Gasteiger partial charge in [-0.3, -0.25) is 4.79 Å². The number of rotatable bonds is 4. The van der Waals surface area contributed by atoms with Crippen LogP contribution < -0.4 is 5.32 Å². The molecule has 0 unspecified atom stereocenters. The fourth-order valence-corrected chi connectivity index (χ4v) is 3.45. The van der Waals surface area contributed by atoms with Crippen LogP contribution in [0.1, 0.15) is 63.4 Å². The lowest BCUT2D eigenvalue weighted by molar-refractivity contribution is 0.0888. The van der Waals surface area contributed by atoms with E-state index in [-0.39, 0.29) is 5.91 Å². The maximum atomic E-state index is 12.2. The van der Waals surface area contributed by atoms with Gasteiger partial charge in [0.05, 0.1) is 0 Å². The Hall–Kier alpha value is -0.900. The van der Waals surface area contributed by atoms with Gasteiger partial charge < -0.3 is 5.32 Å². The number of nitrogens with one attached hydrogen (secondary N) is 1. The summed E-state index contributed by atoms with van der Waals surface area (Å²) in [5.74, 6) is 0.717. The number of hydrogen-bond acceptors (Lipinski definition) is 2. The van der Waals surface area contributed by atoms with E-state index in [9.17, 15) is 4.79 Å². The number of nitrogens with zero attached hydrogens (tertiary/aromatic N) is 1. The lowest BCUT2D eigenvalue weighted by Crippen LogP contribution is -2.40. The Kier molecular flexibility index (Phi) is 5.42. The average Bonchev–Trinajstić information content (AvgIpc) is 2.48. The summed E-state index contributed by atoms with van der Waals surface area (Å²) >= 11 is 3.30. The summed E-state index contributed by atoms with van der Waals surface area (Å²) in [6, 6.07) is 5.72. The molecule has 0 aliphatic heterocycles. The molecule has 1 aromatic rings. The van der Waals surface area contributed by atoms with Crippen molar-refractivity contribution in [2.45, 2.75) is 58.9 Å². The number of carbonyl (C=O) groups excluding carboxylic acids is 1. The molecule has 0 aromatic carbocycles. The van der Waals surface area contributed by atoms with Crippen LogP contribution in [-0.4, -0.2) is 16.9 Å². The molecule has 1 fully saturated rings. The lowest BCUT2D eigenvalue weighted by Gasteiger charge is -2.39. The standard InChI is InChI=1S/C17H25BrN2O/c1-4-17(2,3)12-8-10-13(11-9-12)19-16(21)14-6-5-7-15(18)20-14/h5-7,12-13H,4,8-11H2,1-3H3,(H,19,21). The van der Waals surface area contributed by atoms with Crippen molar-refractivity contribution in [1.82, 2.24) is 10.3 Å². The Labute approximate surface area is 136 Å². The predicted molar refractivity (Wildman–Crippen MR) is 89.2 cm³/mol. The molecular formula is C17H25BrN2O. The number of amides is 1. The van der Waals surface area contributed by atoms with Crippen molar-refractivity contribution in [3.8, 4) is 0 Å². The van der Waals surface area contributed by atoms with Gasteiger partial charge in [-0.1, -0.05) is 33.3 Å². The minimum absolute atomic E-state index is 0.0606. The molecule has 116 valence electrons. The van der Waals surface area contributed by atoms with E-state index in [4.69, 9.17) is 0 Å². The third-order valence-electron chi connectivity index (χ3n) is 5.03. The zero-order valence-electron chi connectivity index (χ0n) is 13.2. The van der Waals surface area contributed by atoms with Gasteiger partial charge in [0.15, 0.2) is 0 Å². The summed E-state index contributed by atoms with van der Waals surface area (Å²) in [5, 5.41) is 3.13. The molecule has 3 nitrogen and oxygen atoms in total. The van der Waals surface area contributed by atoms with Gasteiger partial charge in [0.1, 0.15) is 10.3 Å². The van der Waals surface area contributed by atoms with E-state index in [2.05, 4.69) is 47.0 Å². The molecule has 1 N–H and O–H groups in total. The van der Waals surface area contributed by atoms with Crippen LogP contribution in [0, 0.1) is 11.3 Å². The minimum atomic E-state index is -0.0606. The number of carbonyl (C=O) groups is 1. The van der Waals surface area contributed by atoms with Crippen molar-refractivity contribution in [2.24, 2.45) is 11.3 Å². The van der Waals surface area contributed by atoms with E-state index in [1.54, 1.807) is 6.07 Å². The Morgan fingerprint density at radius 1 is 1.33 bits per heavy atom. The molecule has 2 rings (SSSR count). The van der Waals surface area contributed by atoms with Crippen molar-refractivity contribution in [2.75, 3.05) is 0 Å². The first-order valence-electron chi connectivity index (χ1n) is 7.86. The van der Waals surface area contributed by atoms with Crippen molar-refractivity contribution >= 4 is 21.8 Å². The van der Waals surface area contributed by atoms with Gasteiger partial charge >= 0.3 is 0 Å². The van der Waals surface area contributed by atoms with Crippen LogP contribution in [0.2, 0.25) is 0 Å². The normalized spacial score (nSPS) is 22.9. The maximum absolute atomic E-state index is 12.2. The zero-order valence-corrected chi connectivity index (χ0v) is 14.7. The summed E-state index contributed by atoms with van der Waals surface area (Å²) in [7, 11) is 0. The molecule has 0 atom stereocenters. The number of halogens is 1. The van der Waals surface area contributed by atoms with Gasteiger partial charge in [-0.05, 0) is 65.1 Å². The fourth-order valence-electron chi connectivity index (χ4n) is 3.10. The van der Waals surface area contributed by atoms with Crippen LogP contribution in [0.4, 0.5) is 0 Å². The summed E-state index contributed by atoms with van der Waals surface area (Å²) in [5.41, 5.74) is 0.904. The summed E-state index contributed by atoms with van der Waals surface area (Å²) in [6.45, 7) is 7.00. The highest BCUT2D eigenvalue weighted by atomic mass is 79.9. The van der Waals surface area contributed by atoms with Crippen LogP contribution >= 0.6 is 15.9 Å². The third kappa shape index (κ3) is 4.29. The zero-order chi connectivity index (χ0) is 15.5. The summed E-state index contributed by atoms with van der Waals surface area (Å²) in [4.78, 5) is 16.4. The van der Waals surface area contributed by atoms with Crippen LogP contribution in [0.5, 0.6) is 0 Å². The van der Waals surface area contributed by atoms with Crippen molar-refractivity contribution in [3.63, 3.8) is 0 Å². The fraction of sp³-hybridized carbons (Fsp3) is 0.647. The average molecular weight is 353 g/mol. The maximum Gasteiger partial charge on any atom is 0.270 e. The van der Waals surface area contributed by atoms with Crippen molar-refractivity contribution < 1.29 is 4.79 Å². The van der Waals surface area contributed by atoms with Gasteiger partial charge in [0, 0.05) is 6.04 Å². The summed E-state index contributed by atoms with van der Waals surface area (Å²) < 4.78 is 0.698. The quantitative estimate of drug-likeness (QED) is 0.806. The molecule has 1 heterocycles. The number of pyridine rings is 1. The molecule has 0 saturated heterocycles. The summed E-state index contributed by atoms with van der Waals surface area (Å²) in [6.07, 6.45) is 5.79.